The molecule has 2 fully saturated rings. The van der Waals surface area contributed by atoms with Crippen LogP contribution in [-0.4, -0.2) is 44.1 Å². The molecule has 29 heavy (non-hydrogen) atoms. The first-order valence-corrected chi connectivity index (χ1v) is 9.92. The van der Waals surface area contributed by atoms with Crippen molar-refractivity contribution in [3.63, 3.8) is 0 Å². The van der Waals surface area contributed by atoms with Crippen LogP contribution in [0.1, 0.15) is 45.1 Å². The molecule has 7 nitrogen and oxygen atoms in total. The van der Waals surface area contributed by atoms with Crippen LogP contribution in [0, 0.1) is 17.1 Å². The predicted molar refractivity (Wildman–Crippen MR) is 109 cm³/mol. The topological polar surface area (TPSA) is 97.1 Å². The number of hydrogen-bond donors (Lipinski definition) is 3. The number of rotatable bonds is 4. The normalized spacial score (nSPS) is 23.2. The summed E-state index contributed by atoms with van der Waals surface area (Å²) in [4.78, 5) is 10.9. The Labute approximate surface area is 169 Å². The van der Waals surface area contributed by atoms with Crippen molar-refractivity contribution in [3.8, 4) is 11.8 Å². The Morgan fingerprint density at radius 1 is 1.38 bits per heavy atom. The van der Waals surface area contributed by atoms with E-state index in [9.17, 15) is 9.50 Å². The van der Waals surface area contributed by atoms with Crippen molar-refractivity contribution in [1.82, 2.24) is 14.9 Å². The third-order valence-corrected chi connectivity index (χ3v) is 5.92. The molecule has 0 radical (unpaired) electrons. The second kappa shape index (κ2) is 7.48. The van der Waals surface area contributed by atoms with Gasteiger partial charge in [0.1, 0.15) is 11.8 Å². The fourth-order valence-electron chi connectivity index (χ4n) is 4.67. The minimum atomic E-state index is -0.495. The van der Waals surface area contributed by atoms with E-state index >= 15 is 0 Å². The van der Waals surface area contributed by atoms with Gasteiger partial charge in [0.15, 0.2) is 11.6 Å². The minimum Gasteiger partial charge on any atom is -0.507 e. The first-order chi connectivity index (χ1) is 13.9. The lowest BCUT2D eigenvalue weighted by atomic mass is 9.84. The molecular weight excluding hydrogens is 371 g/mol. The number of benzene rings is 1. The molecule has 8 heteroatoms. The van der Waals surface area contributed by atoms with Gasteiger partial charge in [0.25, 0.3) is 0 Å². The zero-order chi connectivity index (χ0) is 20.6. The smallest absolute Gasteiger partial charge is 0.229 e. The lowest BCUT2D eigenvalue weighted by molar-refractivity contribution is 0.0500. The SMILES string of the molecule is CC1(C)C[C@H](Nc2nc(Nc3ccc(O)c(C#N)c3)ncc2F)C[C@H]2CCCN21. The van der Waals surface area contributed by atoms with Gasteiger partial charge < -0.3 is 15.7 Å². The Kier molecular flexibility index (Phi) is 5.01. The summed E-state index contributed by atoms with van der Waals surface area (Å²) >= 11 is 0. The van der Waals surface area contributed by atoms with Gasteiger partial charge in [0.05, 0.1) is 11.8 Å². The van der Waals surface area contributed by atoms with Crippen LogP contribution < -0.4 is 10.6 Å². The van der Waals surface area contributed by atoms with Gasteiger partial charge in [-0.25, -0.2) is 9.37 Å². The average molecular weight is 396 g/mol. The number of piperidine rings is 1. The van der Waals surface area contributed by atoms with Crippen LogP contribution in [0.2, 0.25) is 0 Å². The van der Waals surface area contributed by atoms with Crippen LogP contribution in [0.25, 0.3) is 0 Å². The van der Waals surface area contributed by atoms with Gasteiger partial charge in [-0.05, 0) is 64.3 Å². The second-order valence-electron chi connectivity index (χ2n) is 8.44. The molecule has 4 rings (SSSR count). The predicted octanol–water partition coefficient (Wildman–Crippen LogP) is 3.75. The number of anilines is 3. The van der Waals surface area contributed by atoms with Crippen molar-refractivity contribution in [2.24, 2.45) is 0 Å². The van der Waals surface area contributed by atoms with Gasteiger partial charge in [0.2, 0.25) is 5.95 Å². The summed E-state index contributed by atoms with van der Waals surface area (Å²) in [6.07, 6.45) is 5.42. The summed E-state index contributed by atoms with van der Waals surface area (Å²) in [5.41, 5.74) is 0.750. The van der Waals surface area contributed by atoms with Crippen LogP contribution in [0.15, 0.2) is 24.4 Å². The molecule has 3 N–H and O–H groups in total. The third-order valence-electron chi connectivity index (χ3n) is 5.92. The quantitative estimate of drug-likeness (QED) is 0.677. The Bertz CT molecular complexity index is 957. The van der Waals surface area contributed by atoms with E-state index in [2.05, 4.69) is 39.3 Å². The molecule has 2 aliphatic heterocycles. The molecule has 0 amide bonds. The van der Waals surface area contributed by atoms with Gasteiger partial charge in [-0.3, -0.25) is 4.90 Å². The Hall–Kier alpha value is -2.92. The van der Waals surface area contributed by atoms with Crippen molar-refractivity contribution in [2.75, 3.05) is 17.2 Å². The number of aromatic hydroxyl groups is 1. The maximum absolute atomic E-state index is 14.4. The van der Waals surface area contributed by atoms with E-state index in [4.69, 9.17) is 5.26 Å². The fraction of sp³-hybridized carbons (Fsp3) is 0.476. The van der Waals surface area contributed by atoms with Crippen LogP contribution in [0.3, 0.4) is 0 Å². The summed E-state index contributed by atoms with van der Waals surface area (Å²) in [5.74, 6) is -0.193. The molecule has 3 heterocycles. The third kappa shape index (κ3) is 3.96. The summed E-state index contributed by atoms with van der Waals surface area (Å²) < 4.78 is 14.4. The molecule has 2 atom stereocenters. The van der Waals surface area contributed by atoms with E-state index in [1.54, 1.807) is 6.07 Å². The molecule has 0 bridgehead atoms. The summed E-state index contributed by atoms with van der Waals surface area (Å²) in [6.45, 7) is 5.64. The molecule has 0 aliphatic carbocycles. The highest BCUT2D eigenvalue weighted by molar-refractivity contribution is 5.60. The van der Waals surface area contributed by atoms with Crippen molar-refractivity contribution in [3.05, 3.63) is 35.8 Å². The van der Waals surface area contributed by atoms with E-state index in [1.165, 1.54) is 25.0 Å². The number of fused-ring (bicyclic) bond motifs is 1. The summed E-state index contributed by atoms with van der Waals surface area (Å²) in [7, 11) is 0. The highest BCUT2D eigenvalue weighted by Crippen LogP contribution is 2.38. The minimum absolute atomic E-state index is 0.0708. The highest BCUT2D eigenvalue weighted by Gasteiger charge is 2.43. The Morgan fingerprint density at radius 2 is 2.21 bits per heavy atom. The Morgan fingerprint density at radius 3 is 3.00 bits per heavy atom. The Balaban J connectivity index is 1.51. The van der Waals surface area contributed by atoms with Crippen molar-refractivity contribution in [1.29, 1.82) is 5.26 Å². The van der Waals surface area contributed by atoms with Crippen LogP contribution >= 0.6 is 0 Å². The molecule has 1 aromatic carbocycles. The standard InChI is InChI=1S/C21H25FN6O/c1-21(2)10-15(9-16-4-3-7-28(16)21)25-19-17(22)12-24-20(27-19)26-14-5-6-18(29)13(8-14)11-23/h5-6,8,12,15-16,29H,3-4,7,9-10H2,1-2H3,(H2,24,25,26,27)/t15-,16-/m1/s1. The van der Waals surface area contributed by atoms with Crippen LogP contribution in [0.4, 0.5) is 21.8 Å². The molecule has 0 unspecified atom stereocenters. The van der Waals surface area contributed by atoms with Gasteiger partial charge >= 0.3 is 0 Å². The van der Waals surface area contributed by atoms with Crippen molar-refractivity contribution in [2.45, 2.75) is 57.2 Å². The van der Waals surface area contributed by atoms with Crippen LogP contribution in [0.5, 0.6) is 5.75 Å². The van der Waals surface area contributed by atoms with Gasteiger partial charge in [-0.2, -0.15) is 10.2 Å². The number of halogens is 1. The molecule has 2 aromatic rings. The van der Waals surface area contributed by atoms with E-state index < -0.39 is 5.82 Å². The monoisotopic (exact) mass is 396 g/mol. The molecule has 1 aromatic heterocycles. The number of hydrogen-bond acceptors (Lipinski definition) is 7. The molecule has 2 saturated heterocycles. The van der Waals surface area contributed by atoms with E-state index in [0.29, 0.717) is 11.7 Å². The largest absolute Gasteiger partial charge is 0.507 e. The van der Waals surface area contributed by atoms with Gasteiger partial charge in [-0.15, -0.1) is 0 Å². The average Bonchev–Trinajstić information content (AvgIpc) is 3.15. The molecular formula is C21H25FN6O. The highest BCUT2D eigenvalue weighted by atomic mass is 19.1. The lowest BCUT2D eigenvalue weighted by Crippen LogP contribution is -2.55. The van der Waals surface area contributed by atoms with Crippen LogP contribution in [-0.2, 0) is 0 Å². The summed E-state index contributed by atoms with van der Waals surface area (Å²) in [5, 5.41) is 24.9. The first-order valence-electron chi connectivity index (χ1n) is 9.92. The van der Waals surface area contributed by atoms with Gasteiger partial charge in [0, 0.05) is 23.3 Å². The zero-order valence-corrected chi connectivity index (χ0v) is 16.6. The lowest BCUT2D eigenvalue weighted by Gasteiger charge is -2.47. The number of phenols is 1. The maximum atomic E-state index is 14.4. The fourth-order valence-corrected chi connectivity index (χ4v) is 4.67. The van der Waals surface area contributed by atoms with E-state index in [-0.39, 0.29) is 34.7 Å². The maximum Gasteiger partial charge on any atom is 0.229 e. The number of nitrogens with one attached hydrogen (secondary N) is 2. The van der Waals surface area contributed by atoms with Crippen molar-refractivity contribution < 1.29 is 9.50 Å². The number of nitriles is 1. The van der Waals surface area contributed by atoms with E-state index in [1.807, 2.05) is 6.07 Å². The van der Waals surface area contributed by atoms with E-state index in [0.717, 1.165) is 25.6 Å². The second-order valence-corrected chi connectivity index (χ2v) is 8.44. The van der Waals surface area contributed by atoms with Gasteiger partial charge in [-0.1, -0.05) is 0 Å². The first kappa shape index (κ1) is 19.4. The number of aromatic nitrogens is 2. The molecule has 2 aliphatic rings. The number of phenolic OH excluding ortho intramolecular Hbond substituents is 1. The number of nitrogens with zero attached hydrogens (tertiary/aromatic N) is 4. The zero-order valence-electron chi connectivity index (χ0n) is 16.6. The molecule has 0 spiro atoms. The van der Waals surface area contributed by atoms with Crippen molar-refractivity contribution >= 4 is 17.5 Å². The molecule has 0 saturated carbocycles. The summed E-state index contributed by atoms with van der Waals surface area (Å²) in [6, 6.07) is 7.10. The molecule has 152 valence electrons.